The molecule has 0 bridgehead atoms. The van der Waals surface area contributed by atoms with Crippen molar-refractivity contribution < 1.29 is 33.0 Å². The summed E-state index contributed by atoms with van der Waals surface area (Å²) in [4.78, 5) is 40.6. The minimum atomic E-state index is -1.01. The van der Waals surface area contributed by atoms with Crippen LogP contribution in [0.5, 0.6) is 11.5 Å². The van der Waals surface area contributed by atoms with Gasteiger partial charge in [-0.2, -0.15) is 0 Å². The van der Waals surface area contributed by atoms with Crippen LogP contribution in [-0.2, 0) is 14.3 Å². The highest BCUT2D eigenvalue weighted by Crippen LogP contribution is 2.30. The molecular weight excluding hydrogens is 419 g/mol. The number of hydrogen-bond donors (Lipinski definition) is 1. The Morgan fingerprint density at radius 1 is 1.12 bits per heavy atom. The van der Waals surface area contributed by atoms with Crippen molar-refractivity contribution in [2.45, 2.75) is 52.7 Å². The quantitative estimate of drug-likeness (QED) is 0.621. The predicted molar refractivity (Wildman–Crippen MR) is 114 cm³/mol. The number of amides is 1. The summed E-state index contributed by atoms with van der Waals surface area (Å²) in [5.41, 5.74) is 1.40. The zero-order valence-corrected chi connectivity index (χ0v) is 18.9. The van der Waals surface area contributed by atoms with Crippen molar-refractivity contribution in [3.63, 3.8) is 0 Å². The first-order chi connectivity index (χ1) is 15.0. The van der Waals surface area contributed by atoms with Gasteiger partial charge in [0.15, 0.2) is 11.4 Å². The molecule has 0 aliphatic heterocycles. The third-order valence-electron chi connectivity index (χ3n) is 4.98. The van der Waals surface area contributed by atoms with Crippen LogP contribution >= 0.6 is 0 Å². The van der Waals surface area contributed by atoms with Gasteiger partial charge in [0.25, 0.3) is 5.91 Å². The van der Waals surface area contributed by atoms with Crippen LogP contribution < -0.4 is 14.8 Å². The van der Waals surface area contributed by atoms with Crippen LogP contribution in [0.2, 0.25) is 0 Å². The summed E-state index contributed by atoms with van der Waals surface area (Å²) in [5.74, 6) is -2.58. The van der Waals surface area contributed by atoms with Crippen molar-refractivity contribution >= 4 is 17.8 Å². The summed E-state index contributed by atoms with van der Waals surface area (Å²) in [5, 5.41) is 2.49. The highest BCUT2D eigenvalue weighted by Gasteiger charge is 2.27. The van der Waals surface area contributed by atoms with Crippen molar-refractivity contribution in [2.75, 3.05) is 7.11 Å². The molecule has 8 nitrogen and oxygen atoms in total. The molecule has 32 heavy (non-hydrogen) atoms. The zero-order valence-electron chi connectivity index (χ0n) is 18.9. The first kappa shape index (κ1) is 24.8. The molecule has 0 radical (unpaired) electrons. The van der Waals surface area contributed by atoms with Gasteiger partial charge in [-0.05, 0) is 44.0 Å². The molecule has 0 aliphatic carbocycles. The lowest BCUT2D eigenvalue weighted by molar-refractivity contribution is -0.151. The Morgan fingerprint density at radius 3 is 2.41 bits per heavy atom. The van der Waals surface area contributed by atoms with Gasteiger partial charge < -0.3 is 19.5 Å². The topological polar surface area (TPSA) is 104 Å². The largest absolute Gasteiger partial charge is 0.493 e. The maximum Gasteiger partial charge on any atom is 0.328 e. The van der Waals surface area contributed by atoms with Gasteiger partial charge in [-0.3, -0.25) is 9.59 Å². The Hall–Kier alpha value is -3.49. The first-order valence-corrected chi connectivity index (χ1v) is 10.0. The second-order valence-electron chi connectivity index (χ2n) is 7.41. The molecule has 1 heterocycles. The number of aromatic nitrogens is 1. The number of nitrogens with one attached hydrogen (secondary N) is 1. The number of carbonyl (C=O) groups excluding carboxylic acids is 3. The minimum Gasteiger partial charge on any atom is -0.493 e. The number of benzene rings is 1. The van der Waals surface area contributed by atoms with Crippen LogP contribution in [0, 0.1) is 12.7 Å². The van der Waals surface area contributed by atoms with Crippen LogP contribution in [0.15, 0.2) is 30.5 Å². The van der Waals surface area contributed by atoms with Gasteiger partial charge in [0, 0.05) is 25.1 Å². The van der Waals surface area contributed by atoms with Crippen LogP contribution in [0.3, 0.4) is 0 Å². The van der Waals surface area contributed by atoms with Crippen molar-refractivity contribution in [1.82, 2.24) is 10.3 Å². The molecule has 1 aromatic carbocycles. The molecule has 0 aliphatic rings. The number of methoxy groups -OCH3 is 1. The fourth-order valence-electron chi connectivity index (χ4n) is 3.11. The highest BCUT2D eigenvalue weighted by atomic mass is 19.1. The van der Waals surface area contributed by atoms with Crippen LogP contribution in [-0.4, -0.2) is 42.1 Å². The number of aryl methyl sites for hydroxylation is 1. The van der Waals surface area contributed by atoms with Crippen LogP contribution in [0.4, 0.5) is 4.39 Å². The molecular formula is C23H27FN2O6. The Kier molecular flexibility index (Phi) is 8.28. The van der Waals surface area contributed by atoms with E-state index in [1.54, 1.807) is 19.9 Å². The molecule has 3 atom stereocenters. The summed E-state index contributed by atoms with van der Waals surface area (Å²) in [7, 11) is 1.36. The van der Waals surface area contributed by atoms with Crippen molar-refractivity contribution in [1.29, 1.82) is 0 Å². The Morgan fingerprint density at radius 2 is 1.81 bits per heavy atom. The number of esters is 2. The highest BCUT2D eigenvalue weighted by molar-refractivity contribution is 5.98. The average molecular weight is 446 g/mol. The molecule has 0 fully saturated rings. The number of pyridine rings is 1. The number of rotatable bonds is 8. The second-order valence-corrected chi connectivity index (χ2v) is 7.41. The standard InChI is InChI=1S/C23H27FN2O6/c1-12-11-17(24)7-8-18(12)13(2)15(4)31-23(29)14(3)26-22(28)20-21(32-16(5)27)19(30-6)9-10-25-20/h7-11,13-15H,1-6H3,(H,26,28)/t13-,14+,15-/m1/s1. The van der Waals surface area contributed by atoms with E-state index in [-0.39, 0.29) is 28.9 Å². The number of halogens is 1. The van der Waals surface area contributed by atoms with Crippen molar-refractivity contribution in [2.24, 2.45) is 0 Å². The molecule has 0 saturated heterocycles. The number of nitrogens with zero attached hydrogens (tertiary/aromatic N) is 1. The second kappa shape index (κ2) is 10.7. The third kappa shape index (κ3) is 6.03. The number of hydrogen-bond acceptors (Lipinski definition) is 7. The van der Waals surface area contributed by atoms with E-state index in [2.05, 4.69) is 10.3 Å². The normalized spacial score (nSPS) is 13.5. The van der Waals surface area contributed by atoms with Gasteiger partial charge >= 0.3 is 11.9 Å². The van der Waals surface area contributed by atoms with Gasteiger partial charge in [-0.1, -0.05) is 13.0 Å². The van der Waals surface area contributed by atoms with E-state index in [0.717, 1.165) is 11.1 Å². The fourth-order valence-corrected chi connectivity index (χ4v) is 3.11. The predicted octanol–water partition coefficient (Wildman–Crippen LogP) is 3.32. The third-order valence-corrected chi connectivity index (χ3v) is 4.98. The monoisotopic (exact) mass is 446 g/mol. The van der Waals surface area contributed by atoms with E-state index in [4.69, 9.17) is 14.2 Å². The van der Waals surface area contributed by atoms with Crippen LogP contribution in [0.25, 0.3) is 0 Å². The smallest absolute Gasteiger partial charge is 0.328 e. The fraction of sp³-hybridized carbons (Fsp3) is 0.391. The summed E-state index contributed by atoms with van der Waals surface area (Å²) >= 11 is 0. The molecule has 1 N–H and O–H groups in total. The summed E-state index contributed by atoms with van der Waals surface area (Å²) in [6.45, 7) is 8.02. The number of ether oxygens (including phenoxy) is 3. The van der Waals surface area contributed by atoms with Gasteiger partial charge in [0.05, 0.1) is 7.11 Å². The van der Waals surface area contributed by atoms with Crippen LogP contribution in [0.1, 0.15) is 55.2 Å². The lowest BCUT2D eigenvalue weighted by atomic mass is 9.92. The van der Waals surface area contributed by atoms with Gasteiger partial charge in [0.1, 0.15) is 18.0 Å². The molecule has 0 unspecified atom stereocenters. The lowest BCUT2D eigenvalue weighted by Crippen LogP contribution is -2.41. The Labute approximate surface area is 186 Å². The first-order valence-electron chi connectivity index (χ1n) is 10.0. The molecule has 0 saturated carbocycles. The average Bonchev–Trinajstić information content (AvgIpc) is 2.72. The molecule has 2 aromatic rings. The summed E-state index contributed by atoms with van der Waals surface area (Å²) in [6.07, 6.45) is 0.788. The van der Waals surface area contributed by atoms with Gasteiger partial charge in [-0.15, -0.1) is 0 Å². The van der Waals surface area contributed by atoms with Gasteiger partial charge in [0.2, 0.25) is 5.75 Å². The van der Waals surface area contributed by atoms with E-state index >= 15 is 0 Å². The van der Waals surface area contributed by atoms with E-state index in [1.807, 2.05) is 6.92 Å². The molecule has 1 aromatic heterocycles. The Balaban J connectivity index is 2.09. The van der Waals surface area contributed by atoms with E-state index < -0.39 is 30.0 Å². The van der Waals surface area contributed by atoms with Crippen molar-refractivity contribution in [3.8, 4) is 11.5 Å². The van der Waals surface area contributed by atoms with E-state index in [1.165, 1.54) is 45.4 Å². The number of carbonyl (C=O) groups is 3. The molecule has 1 amide bonds. The summed E-state index contributed by atoms with van der Waals surface area (Å²) in [6, 6.07) is 4.87. The minimum absolute atomic E-state index is 0.144. The summed E-state index contributed by atoms with van der Waals surface area (Å²) < 4.78 is 29.1. The van der Waals surface area contributed by atoms with E-state index in [9.17, 15) is 18.8 Å². The van der Waals surface area contributed by atoms with E-state index in [0.29, 0.717) is 0 Å². The Bertz CT molecular complexity index is 1010. The lowest BCUT2D eigenvalue weighted by Gasteiger charge is -2.24. The van der Waals surface area contributed by atoms with Gasteiger partial charge in [-0.25, -0.2) is 14.2 Å². The molecule has 2 rings (SSSR count). The zero-order chi connectivity index (χ0) is 24.0. The van der Waals surface area contributed by atoms with Crippen molar-refractivity contribution in [3.05, 3.63) is 53.1 Å². The maximum absolute atomic E-state index is 13.4. The SMILES string of the molecule is COc1ccnc(C(=O)N[C@@H](C)C(=O)O[C@H](C)[C@@H](C)c2ccc(F)cc2C)c1OC(C)=O. The molecule has 172 valence electrons. The molecule has 9 heteroatoms. The molecule has 0 spiro atoms. The maximum atomic E-state index is 13.4.